The number of benzene rings is 1. The zero-order valence-electron chi connectivity index (χ0n) is 17.2. The van der Waals surface area contributed by atoms with Crippen LogP contribution in [0.5, 0.6) is 5.75 Å². The topological polar surface area (TPSA) is 48.9 Å². The third-order valence-corrected chi connectivity index (χ3v) is 4.44. The molecule has 2 N–H and O–H groups in total. The van der Waals surface area contributed by atoms with E-state index in [9.17, 15) is 4.39 Å². The Labute approximate surface area is 185 Å². The van der Waals surface area contributed by atoms with Crippen LogP contribution in [0.3, 0.4) is 0 Å². The minimum absolute atomic E-state index is 0. The second-order valence-corrected chi connectivity index (χ2v) is 7.23. The van der Waals surface area contributed by atoms with Gasteiger partial charge < -0.3 is 15.4 Å². The number of aliphatic imine (C=N–C) groups is 1. The third-order valence-electron chi connectivity index (χ3n) is 4.44. The van der Waals surface area contributed by atoms with Crippen LogP contribution in [0.1, 0.15) is 33.6 Å². The van der Waals surface area contributed by atoms with E-state index in [2.05, 4.69) is 34.0 Å². The first-order valence-corrected chi connectivity index (χ1v) is 9.80. The summed E-state index contributed by atoms with van der Waals surface area (Å²) < 4.78 is 19.4. The van der Waals surface area contributed by atoms with Crippen LogP contribution in [-0.2, 0) is 0 Å². The van der Waals surface area contributed by atoms with Crippen molar-refractivity contribution in [1.82, 2.24) is 15.5 Å². The molecule has 1 atom stereocenters. The second kappa shape index (κ2) is 13.0. The molecule has 1 heterocycles. The molecule has 28 heavy (non-hydrogen) atoms. The first-order chi connectivity index (χ1) is 13.0. The van der Waals surface area contributed by atoms with Gasteiger partial charge in [-0.15, -0.1) is 24.0 Å². The molecule has 5 nitrogen and oxygen atoms in total. The van der Waals surface area contributed by atoms with Crippen molar-refractivity contribution >= 4 is 29.9 Å². The van der Waals surface area contributed by atoms with Gasteiger partial charge in [-0.1, -0.05) is 24.3 Å². The van der Waals surface area contributed by atoms with E-state index in [1.54, 1.807) is 18.2 Å². The average Bonchev–Trinajstić information content (AvgIpc) is 2.63. The molecule has 2 rings (SSSR count). The minimum atomic E-state index is -0.347. The molecule has 1 unspecified atom stereocenters. The molecule has 1 aliphatic heterocycles. The number of piperidine rings is 1. The summed E-state index contributed by atoms with van der Waals surface area (Å²) in [6.45, 7) is 14.4. The molecule has 0 aromatic heterocycles. The average molecular weight is 504 g/mol. The lowest BCUT2D eigenvalue weighted by atomic mass is 10.0. The van der Waals surface area contributed by atoms with Gasteiger partial charge >= 0.3 is 0 Å². The maximum Gasteiger partial charge on any atom is 0.191 e. The van der Waals surface area contributed by atoms with E-state index >= 15 is 0 Å². The first kappa shape index (κ1) is 24.7. The zero-order chi connectivity index (χ0) is 19.6. The van der Waals surface area contributed by atoms with Crippen molar-refractivity contribution in [2.24, 2.45) is 4.99 Å². The smallest absolute Gasteiger partial charge is 0.191 e. The number of hydrogen-bond donors (Lipinski definition) is 2. The zero-order valence-corrected chi connectivity index (χ0v) is 19.5. The molecule has 0 bridgehead atoms. The van der Waals surface area contributed by atoms with Crippen LogP contribution in [0, 0.1) is 5.82 Å². The predicted octanol–water partition coefficient (Wildman–Crippen LogP) is 3.81. The predicted molar refractivity (Wildman–Crippen MR) is 125 cm³/mol. The molecule has 1 fully saturated rings. The van der Waals surface area contributed by atoms with Crippen molar-refractivity contribution in [3.05, 3.63) is 42.2 Å². The van der Waals surface area contributed by atoms with Gasteiger partial charge in [0.25, 0.3) is 0 Å². The number of hydrogen-bond acceptors (Lipinski definition) is 3. The minimum Gasteiger partial charge on any atom is -0.486 e. The van der Waals surface area contributed by atoms with Crippen molar-refractivity contribution in [1.29, 1.82) is 0 Å². The number of rotatable bonds is 8. The highest BCUT2D eigenvalue weighted by molar-refractivity contribution is 14.0. The third kappa shape index (κ3) is 8.77. The van der Waals surface area contributed by atoms with Crippen molar-refractivity contribution < 1.29 is 9.13 Å². The number of ether oxygens (including phenoxy) is 1. The Morgan fingerprint density at radius 3 is 2.64 bits per heavy atom. The van der Waals surface area contributed by atoms with Crippen molar-refractivity contribution in [3.8, 4) is 5.75 Å². The first-order valence-electron chi connectivity index (χ1n) is 9.80. The Balaban J connectivity index is 0.00000392. The van der Waals surface area contributed by atoms with E-state index in [0.717, 1.165) is 45.0 Å². The molecule has 0 spiro atoms. The highest BCUT2D eigenvalue weighted by Crippen LogP contribution is 2.17. The van der Waals surface area contributed by atoms with E-state index in [0.29, 0.717) is 12.6 Å². The van der Waals surface area contributed by atoms with E-state index in [1.165, 1.54) is 11.6 Å². The molecule has 1 aromatic rings. The van der Waals surface area contributed by atoms with Gasteiger partial charge in [0, 0.05) is 32.2 Å². The number of nitrogens with zero attached hydrogens (tertiary/aromatic N) is 2. The SMILES string of the molecule is C=C(C)CN1CCC(NC(=NCC(C)Oc2ccccc2F)NCC)CC1.I. The van der Waals surface area contributed by atoms with Crippen LogP contribution in [0.15, 0.2) is 41.4 Å². The number of likely N-dealkylation sites (tertiary alicyclic amines) is 1. The van der Waals surface area contributed by atoms with Crippen LogP contribution in [0.2, 0.25) is 0 Å². The molecule has 1 saturated heterocycles. The van der Waals surface area contributed by atoms with Gasteiger partial charge in [-0.25, -0.2) is 9.38 Å². The quantitative estimate of drug-likeness (QED) is 0.245. The van der Waals surface area contributed by atoms with Gasteiger partial charge in [0.1, 0.15) is 6.10 Å². The molecule has 0 aliphatic carbocycles. The number of guanidine groups is 1. The summed E-state index contributed by atoms with van der Waals surface area (Å²) in [6, 6.07) is 6.86. The Hall–Kier alpha value is -1.35. The summed E-state index contributed by atoms with van der Waals surface area (Å²) in [7, 11) is 0. The molecule has 0 amide bonds. The van der Waals surface area contributed by atoms with Crippen LogP contribution in [0.4, 0.5) is 4.39 Å². The fraction of sp³-hybridized carbons (Fsp3) is 0.571. The largest absolute Gasteiger partial charge is 0.486 e. The maximum absolute atomic E-state index is 13.7. The molecule has 1 aromatic carbocycles. The van der Waals surface area contributed by atoms with Crippen LogP contribution < -0.4 is 15.4 Å². The molecular weight excluding hydrogens is 470 g/mol. The summed E-state index contributed by atoms with van der Waals surface area (Å²) in [5, 5.41) is 6.81. The summed E-state index contributed by atoms with van der Waals surface area (Å²) in [6.07, 6.45) is 1.95. The summed E-state index contributed by atoms with van der Waals surface area (Å²) in [5.74, 6) is 0.711. The number of nitrogens with one attached hydrogen (secondary N) is 2. The van der Waals surface area contributed by atoms with E-state index in [1.807, 2.05) is 13.8 Å². The van der Waals surface area contributed by atoms with Crippen LogP contribution in [-0.4, -0.2) is 55.7 Å². The monoisotopic (exact) mass is 504 g/mol. The number of para-hydroxylation sites is 1. The molecule has 1 aliphatic rings. The normalized spacial score (nSPS) is 16.8. The van der Waals surface area contributed by atoms with Crippen molar-refractivity contribution in [2.75, 3.05) is 32.7 Å². The maximum atomic E-state index is 13.7. The standard InChI is InChI=1S/C21H33FN4O.HI/c1-5-23-21(25-18-10-12-26(13-11-18)15-16(2)3)24-14-17(4)27-20-9-7-6-8-19(20)22;/h6-9,17-18H,2,5,10-15H2,1,3-4H3,(H2,23,24,25);1H. The summed E-state index contributed by atoms with van der Waals surface area (Å²) >= 11 is 0. The van der Waals surface area contributed by atoms with Gasteiger partial charge in [0.05, 0.1) is 6.54 Å². The fourth-order valence-electron chi connectivity index (χ4n) is 3.14. The van der Waals surface area contributed by atoms with E-state index < -0.39 is 0 Å². The lowest BCUT2D eigenvalue weighted by molar-refractivity contribution is 0.217. The molecule has 0 radical (unpaired) electrons. The van der Waals surface area contributed by atoms with Crippen LogP contribution in [0.25, 0.3) is 0 Å². The fourth-order valence-corrected chi connectivity index (χ4v) is 3.14. The lowest BCUT2D eigenvalue weighted by Crippen LogP contribution is -2.49. The summed E-state index contributed by atoms with van der Waals surface area (Å²) in [5.41, 5.74) is 1.21. The lowest BCUT2D eigenvalue weighted by Gasteiger charge is -2.33. The second-order valence-electron chi connectivity index (χ2n) is 7.23. The number of halogens is 2. The van der Waals surface area contributed by atoms with Gasteiger partial charge in [0.2, 0.25) is 0 Å². The molecule has 7 heteroatoms. The van der Waals surface area contributed by atoms with E-state index in [4.69, 9.17) is 4.74 Å². The Bertz CT molecular complexity index is 633. The molecule has 0 saturated carbocycles. The highest BCUT2D eigenvalue weighted by Gasteiger charge is 2.20. The van der Waals surface area contributed by atoms with Gasteiger partial charge in [-0.2, -0.15) is 0 Å². The van der Waals surface area contributed by atoms with E-state index in [-0.39, 0.29) is 41.6 Å². The Morgan fingerprint density at radius 2 is 2.04 bits per heavy atom. The van der Waals surface area contributed by atoms with Gasteiger partial charge in [-0.05, 0) is 45.7 Å². The Kier molecular flexibility index (Phi) is 11.4. The molecule has 158 valence electrons. The van der Waals surface area contributed by atoms with Crippen molar-refractivity contribution in [2.45, 2.75) is 45.8 Å². The Morgan fingerprint density at radius 1 is 1.36 bits per heavy atom. The highest BCUT2D eigenvalue weighted by atomic mass is 127. The summed E-state index contributed by atoms with van der Waals surface area (Å²) in [4.78, 5) is 7.06. The molecular formula is C21H34FIN4O. The van der Waals surface area contributed by atoms with Gasteiger partial charge in [-0.3, -0.25) is 4.90 Å². The van der Waals surface area contributed by atoms with Gasteiger partial charge in [0.15, 0.2) is 17.5 Å². The van der Waals surface area contributed by atoms with Crippen LogP contribution >= 0.6 is 24.0 Å². The van der Waals surface area contributed by atoms with Crippen molar-refractivity contribution in [3.63, 3.8) is 0 Å².